The lowest BCUT2D eigenvalue weighted by molar-refractivity contribution is 0.102. The Morgan fingerprint density at radius 1 is 1.09 bits per heavy atom. The Kier molecular flexibility index (Phi) is 4.62. The lowest BCUT2D eigenvalue weighted by Gasteiger charge is -2.09. The van der Waals surface area contributed by atoms with Gasteiger partial charge >= 0.3 is 10.5 Å². The van der Waals surface area contributed by atoms with Crippen molar-refractivity contribution in [1.29, 1.82) is 0 Å². The number of methoxy groups -OCH3 is 1. The van der Waals surface area contributed by atoms with E-state index in [4.69, 9.17) is 4.74 Å². The third-order valence-corrected chi connectivity index (χ3v) is 3.05. The molecule has 0 saturated carbocycles. The van der Waals surface area contributed by atoms with Crippen LogP contribution in [-0.2, 0) is 10.5 Å². The van der Waals surface area contributed by atoms with E-state index >= 15 is 0 Å². The summed E-state index contributed by atoms with van der Waals surface area (Å²) in [5, 5.41) is 2.61. The number of nitrogens with one attached hydrogen (secondary N) is 1. The number of hydrogen-bond donors (Lipinski definition) is 1. The van der Waals surface area contributed by atoms with Crippen molar-refractivity contribution in [1.82, 2.24) is 0 Å². The van der Waals surface area contributed by atoms with Gasteiger partial charge < -0.3 is 14.2 Å². The van der Waals surface area contributed by atoms with Crippen molar-refractivity contribution in [3.8, 4) is 11.5 Å². The van der Waals surface area contributed by atoms with E-state index in [0.717, 1.165) is 0 Å². The Morgan fingerprint density at radius 2 is 1.73 bits per heavy atom. The number of halogens is 1. The molecule has 0 aliphatic heterocycles. The van der Waals surface area contributed by atoms with Crippen LogP contribution in [0.2, 0.25) is 0 Å². The van der Waals surface area contributed by atoms with Crippen molar-refractivity contribution in [3.63, 3.8) is 0 Å². The number of carbonyl (C=O) groups is 1. The molecule has 0 bridgehead atoms. The molecule has 0 saturated heterocycles. The minimum absolute atomic E-state index is 0.196. The molecular weight excluding hydrogens is 313 g/mol. The molecule has 0 radical (unpaired) electrons. The monoisotopic (exact) mass is 325 g/mol. The first kappa shape index (κ1) is 15.8. The summed E-state index contributed by atoms with van der Waals surface area (Å²) in [5.74, 6) is -0.175. The van der Waals surface area contributed by atoms with Crippen molar-refractivity contribution in [2.75, 3.05) is 12.4 Å². The van der Waals surface area contributed by atoms with E-state index in [1.165, 1.54) is 31.4 Å². The van der Waals surface area contributed by atoms with E-state index < -0.39 is 16.4 Å². The molecule has 2 aromatic rings. The van der Waals surface area contributed by atoms with E-state index in [1.54, 1.807) is 24.3 Å². The van der Waals surface area contributed by atoms with E-state index in [1.807, 2.05) is 0 Å². The maximum absolute atomic E-state index is 12.4. The maximum atomic E-state index is 12.4. The maximum Gasteiger partial charge on any atom is 0.488 e. The highest BCUT2D eigenvalue weighted by molar-refractivity contribution is 7.81. The number of amides is 1. The summed E-state index contributed by atoms with van der Waals surface area (Å²) >= 11 is 0. The average molecular weight is 325 g/mol. The standard InChI is InChI=1S/C14H12FNO5S/c1-20-13-5-3-2-4-12(13)14(17)16-10-6-8-11(9-7-10)21-22(15,18)19/h2-9H,1H3,(H,16,17). The average Bonchev–Trinajstić information content (AvgIpc) is 2.47. The van der Waals surface area contributed by atoms with Gasteiger partial charge in [-0.05, 0) is 36.4 Å². The topological polar surface area (TPSA) is 81.7 Å². The fourth-order valence-corrected chi connectivity index (χ4v) is 2.08. The molecule has 0 atom stereocenters. The number of para-hydroxylation sites is 1. The molecule has 0 unspecified atom stereocenters. The van der Waals surface area contributed by atoms with Crippen molar-refractivity contribution in [3.05, 3.63) is 54.1 Å². The largest absolute Gasteiger partial charge is 0.496 e. The second-order valence-corrected chi connectivity index (χ2v) is 5.11. The van der Waals surface area contributed by atoms with Gasteiger partial charge in [-0.1, -0.05) is 16.0 Å². The lowest BCUT2D eigenvalue weighted by Crippen LogP contribution is -2.13. The van der Waals surface area contributed by atoms with Crippen LogP contribution >= 0.6 is 0 Å². The quantitative estimate of drug-likeness (QED) is 0.854. The van der Waals surface area contributed by atoms with Gasteiger partial charge in [0.25, 0.3) is 5.91 Å². The highest BCUT2D eigenvalue weighted by Crippen LogP contribution is 2.21. The third kappa shape index (κ3) is 4.19. The van der Waals surface area contributed by atoms with Crippen molar-refractivity contribution >= 4 is 22.1 Å². The normalized spacial score (nSPS) is 10.8. The molecular formula is C14H12FNO5S. The highest BCUT2D eigenvalue weighted by Gasteiger charge is 2.12. The van der Waals surface area contributed by atoms with Crippen LogP contribution in [-0.4, -0.2) is 21.4 Å². The number of anilines is 1. The first-order chi connectivity index (χ1) is 10.4. The number of benzene rings is 2. The van der Waals surface area contributed by atoms with Gasteiger partial charge in [-0.3, -0.25) is 4.79 Å². The molecule has 2 rings (SSSR count). The minimum Gasteiger partial charge on any atom is -0.496 e. The summed E-state index contributed by atoms with van der Waals surface area (Å²) in [6.45, 7) is 0. The van der Waals surface area contributed by atoms with Gasteiger partial charge in [0, 0.05) is 5.69 Å². The summed E-state index contributed by atoms with van der Waals surface area (Å²) in [4.78, 5) is 12.1. The minimum atomic E-state index is -5.07. The van der Waals surface area contributed by atoms with Gasteiger partial charge in [0.1, 0.15) is 11.5 Å². The number of hydrogen-bond acceptors (Lipinski definition) is 5. The van der Waals surface area contributed by atoms with Gasteiger partial charge in [0.15, 0.2) is 0 Å². The van der Waals surface area contributed by atoms with Gasteiger partial charge in [-0.2, -0.15) is 8.42 Å². The van der Waals surface area contributed by atoms with E-state index in [9.17, 15) is 17.1 Å². The van der Waals surface area contributed by atoms with Gasteiger partial charge in [-0.15, -0.1) is 0 Å². The first-order valence-electron chi connectivity index (χ1n) is 6.07. The Labute approximate surface area is 126 Å². The molecule has 6 nitrogen and oxygen atoms in total. The number of ether oxygens (including phenoxy) is 1. The van der Waals surface area contributed by atoms with Crippen LogP contribution in [0.1, 0.15) is 10.4 Å². The molecule has 2 aromatic carbocycles. The Bertz CT molecular complexity index is 774. The molecule has 1 N–H and O–H groups in total. The molecule has 0 aliphatic carbocycles. The molecule has 0 aromatic heterocycles. The Hall–Kier alpha value is -2.61. The molecule has 0 aliphatic rings. The fraction of sp³-hybridized carbons (Fsp3) is 0.0714. The van der Waals surface area contributed by atoms with Crippen LogP contribution in [0, 0.1) is 0 Å². The Balaban J connectivity index is 2.12. The van der Waals surface area contributed by atoms with Crippen LogP contribution in [0.3, 0.4) is 0 Å². The van der Waals surface area contributed by atoms with Crippen LogP contribution in [0.5, 0.6) is 11.5 Å². The molecule has 8 heteroatoms. The molecule has 116 valence electrons. The highest BCUT2D eigenvalue weighted by atomic mass is 32.3. The fourth-order valence-electron chi connectivity index (χ4n) is 1.74. The van der Waals surface area contributed by atoms with E-state index in [-0.39, 0.29) is 5.75 Å². The van der Waals surface area contributed by atoms with Crippen molar-refractivity contribution < 1.29 is 26.0 Å². The molecule has 0 heterocycles. The second kappa shape index (κ2) is 6.44. The van der Waals surface area contributed by atoms with E-state index in [2.05, 4.69) is 9.50 Å². The Morgan fingerprint density at radius 3 is 2.32 bits per heavy atom. The molecule has 1 amide bonds. The first-order valence-corrected chi connectivity index (χ1v) is 7.38. The third-order valence-electron chi connectivity index (χ3n) is 2.66. The van der Waals surface area contributed by atoms with Crippen molar-refractivity contribution in [2.24, 2.45) is 0 Å². The zero-order chi connectivity index (χ0) is 16.2. The zero-order valence-electron chi connectivity index (χ0n) is 11.4. The predicted octanol–water partition coefficient (Wildman–Crippen LogP) is 2.54. The van der Waals surface area contributed by atoms with Crippen molar-refractivity contribution in [2.45, 2.75) is 0 Å². The molecule has 0 fully saturated rings. The smallest absolute Gasteiger partial charge is 0.488 e. The van der Waals surface area contributed by atoms with E-state index in [0.29, 0.717) is 17.0 Å². The zero-order valence-corrected chi connectivity index (χ0v) is 12.3. The lowest BCUT2D eigenvalue weighted by atomic mass is 10.2. The summed E-state index contributed by atoms with van der Waals surface area (Å²) < 4.78 is 42.2. The van der Waals surface area contributed by atoms with Gasteiger partial charge in [-0.25, -0.2) is 0 Å². The van der Waals surface area contributed by atoms with Crippen LogP contribution < -0.4 is 14.2 Å². The van der Waals surface area contributed by atoms with Crippen LogP contribution in [0.15, 0.2) is 48.5 Å². The summed E-state index contributed by atoms with van der Waals surface area (Å²) in [6, 6.07) is 11.9. The summed E-state index contributed by atoms with van der Waals surface area (Å²) in [7, 11) is -3.61. The molecule has 22 heavy (non-hydrogen) atoms. The summed E-state index contributed by atoms with van der Waals surface area (Å²) in [5.41, 5.74) is 0.733. The van der Waals surface area contributed by atoms with Gasteiger partial charge in [0.2, 0.25) is 0 Å². The van der Waals surface area contributed by atoms with Crippen LogP contribution in [0.25, 0.3) is 0 Å². The summed E-state index contributed by atoms with van der Waals surface area (Å²) in [6.07, 6.45) is 0. The van der Waals surface area contributed by atoms with Crippen LogP contribution in [0.4, 0.5) is 9.57 Å². The molecule has 0 spiro atoms. The second-order valence-electron chi connectivity index (χ2n) is 4.16. The van der Waals surface area contributed by atoms with Gasteiger partial charge in [0.05, 0.1) is 12.7 Å². The SMILES string of the molecule is COc1ccccc1C(=O)Nc1ccc(OS(=O)(=O)F)cc1. The number of rotatable bonds is 5. The number of carbonyl (C=O) groups excluding carboxylic acids is 1. The predicted molar refractivity (Wildman–Crippen MR) is 78.0 cm³/mol.